The van der Waals surface area contributed by atoms with E-state index in [1.54, 1.807) is 23.5 Å². The van der Waals surface area contributed by atoms with E-state index in [1.807, 2.05) is 0 Å². The summed E-state index contributed by atoms with van der Waals surface area (Å²) in [5.41, 5.74) is 2.48. The van der Waals surface area contributed by atoms with Gasteiger partial charge in [0.05, 0.1) is 12.2 Å². The molecule has 1 aromatic rings. The molecule has 2 unspecified atom stereocenters. The van der Waals surface area contributed by atoms with Crippen molar-refractivity contribution in [3.05, 3.63) is 35.4 Å². The first-order valence-corrected chi connectivity index (χ1v) is 9.75. The molecule has 2 N–H and O–H groups in total. The summed E-state index contributed by atoms with van der Waals surface area (Å²) in [6, 6.07) is 8.42. The van der Waals surface area contributed by atoms with Crippen LogP contribution in [0.2, 0.25) is 0 Å². The highest BCUT2D eigenvalue weighted by molar-refractivity contribution is 7.98. The van der Waals surface area contributed by atoms with Gasteiger partial charge in [-0.05, 0) is 11.1 Å². The Morgan fingerprint density at radius 1 is 0.800 bits per heavy atom. The lowest BCUT2D eigenvalue weighted by Gasteiger charge is -2.08. The Morgan fingerprint density at radius 3 is 1.45 bits per heavy atom. The van der Waals surface area contributed by atoms with Crippen LogP contribution in [0.4, 0.5) is 0 Å². The van der Waals surface area contributed by atoms with E-state index in [0.29, 0.717) is 11.5 Å². The molecule has 0 amide bonds. The summed E-state index contributed by atoms with van der Waals surface area (Å²) in [6.07, 6.45) is -0.851. The van der Waals surface area contributed by atoms with Crippen LogP contribution in [0.1, 0.15) is 11.1 Å². The molecule has 0 saturated heterocycles. The van der Waals surface area contributed by atoms with Gasteiger partial charge in [-0.25, -0.2) is 0 Å². The van der Waals surface area contributed by atoms with Crippen LogP contribution >= 0.6 is 46.7 Å². The van der Waals surface area contributed by atoms with E-state index in [0.717, 1.165) is 11.5 Å². The minimum atomic E-state index is -0.425. The Balaban J connectivity index is 2.26. The highest BCUT2D eigenvalue weighted by atomic mass is 35.5. The maximum Gasteiger partial charge on any atom is 0.0765 e. The maximum absolute atomic E-state index is 9.36. The predicted molar refractivity (Wildman–Crippen MR) is 92.2 cm³/mol. The number of hydrogen-bond acceptors (Lipinski definition) is 4. The monoisotopic (exact) mass is 354 g/mol. The summed E-state index contributed by atoms with van der Waals surface area (Å²) >= 11 is 14.5. The minimum absolute atomic E-state index is 0.289. The first-order valence-electron chi connectivity index (χ1n) is 6.37. The highest BCUT2D eigenvalue weighted by Crippen LogP contribution is 2.18. The van der Waals surface area contributed by atoms with Crippen LogP contribution in [0.15, 0.2) is 24.3 Å². The molecular formula is C14H20Cl2O2S2. The van der Waals surface area contributed by atoms with E-state index in [2.05, 4.69) is 24.3 Å². The van der Waals surface area contributed by atoms with Crippen LogP contribution in [0, 0.1) is 0 Å². The summed E-state index contributed by atoms with van der Waals surface area (Å²) in [4.78, 5) is 0. The van der Waals surface area contributed by atoms with Crippen molar-refractivity contribution in [2.45, 2.75) is 23.7 Å². The molecule has 1 rings (SSSR count). The number of aliphatic hydroxyl groups excluding tert-OH is 2. The molecule has 0 aliphatic rings. The molecule has 114 valence electrons. The van der Waals surface area contributed by atoms with Crippen LogP contribution in [-0.4, -0.2) is 45.7 Å². The van der Waals surface area contributed by atoms with Crippen LogP contribution in [0.3, 0.4) is 0 Å². The number of aliphatic hydroxyl groups is 2. The smallest absolute Gasteiger partial charge is 0.0765 e. The fourth-order valence-electron chi connectivity index (χ4n) is 1.45. The van der Waals surface area contributed by atoms with Crippen molar-refractivity contribution < 1.29 is 10.2 Å². The fourth-order valence-corrected chi connectivity index (χ4v) is 3.80. The van der Waals surface area contributed by atoms with Crippen molar-refractivity contribution in [1.82, 2.24) is 0 Å². The van der Waals surface area contributed by atoms with E-state index >= 15 is 0 Å². The Morgan fingerprint density at radius 2 is 1.15 bits per heavy atom. The lowest BCUT2D eigenvalue weighted by molar-refractivity contribution is 0.223. The average Bonchev–Trinajstić information content (AvgIpc) is 2.48. The average molecular weight is 355 g/mol. The Kier molecular flexibility index (Phi) is 10.2. The summed E-state index contributed by atoms with van der Waals surface area (Å²) in [5, 5.41) is 18.7. The van der Waals surface area contributed by atoms with Gasteiger partial charge in [0.25, 0.3) is 0 Å². The quantitative estimate of drug-likeness (QED) is 0.632. The van der Waals surface area contributed by atoms with Crippen LogP contribution in [-0.2, 0) is 11.5 Å². The van der Waals surface area contributed by atoms with Gasteiger partial charge in [0.2, 0.25) is 0 Å². The molecule has 2 atom stereocenters. The molecule has 0 radical (unpaired) electrons. The zero-order valence-corrected chi connectivity index (χ0v) is 14.3. The van der Waals surface area contributed by atoms with E-state index < -0.39 is 12.2 Å². The van der Waals surface area contributed by atoms with Crippen molar-refractivity contribution in [2.24, 2.45) is 0 Å². The third kappa shape index (κ3) is 8.01. The Hall–Kier alpha value is 0.420. The first kappa shape index (κ1) is 18.5. The second-order valence-corrected chi connectivity index (χ2v) is 7.14. The first-order chi connectivity index (χ1) is 9.65. The molecule has 0 spiro atoms. The summed E-state index contributed by atoms with van der Waals surface area (Å²) in [5.74, 6) is 3.67. The van der Waals surface area contributed by atoms with Gasteiger partial charge in [-0.15, -0.1) is 23.2 Å². The molecule has 1 aromatic carbocycles. The molecule has 0 saturated carbocycles. The molecular weight excluding hydrogens is 335 g/mol. The zero-order valence-electron chi connectivity index (χ0n) is 11.2. The van der Waals surface area contributed by atoms with E-state index in [-0.39, 0.29) is 11.8 Å². The number of rotatable bonds is 10. The summed E-state index contributed by atoms with van der Waals surface area (Å²) < 4.78 is 0. The van der Waals surface area contributed by atoms with Gasteiger partial charge in [-0.2, -0.15) is 23.5 Å². The zero-order chi connectivity index (χ0) is 14.8. The topological polar surface area (TPSA) is 40.5 Å². The van der Waals surface area contributed by atoms with Crippen molar-refractivity contribution in [3.63, 3.8) is 0 Å². The van der Waals surface area contributed by atoms with E-state index in [1.165, 1.54) is 11.1 Å². The van der Waals surface area contributed by atoms with Crippen LogP contribution in [0.5, 0.6) is 0 Å². The maximum atomic E-state index is 9.36. The Labute approximate surface area is 139 Å². The van der Waals surface area contributed by atoms with Gasteiger partial charge in [0, 0.05) is 34.8 Å². The van der Waals surface area contributed by atoms with Gasteiger partial charge < -0.3 is 10.2 Å². The van der Waals surface area contributed by atoms with Gasteiger partial charge in [0.1, 0.15) is 0 Å². The molecule has 0 fully saturated rings. The standard InChI is InChI=1S/C14H20Cl2O2S2/c15-5-13(17)9-19-7-11-1-2-12(4-3-11)8-20-10-14(18)6-16/h1-4,13-14,17-18H,5-10H2. The molecule has 0 aliphatic carbocycles. The molecule has 0 heterocycles. The van der Waals surface area contributed by atoms with Crippen LogP contribution in [0.25, 0.3) is 0 Å². The number of benzene rings is 1. The molecule has 6 heteroatoms. The van der Waals surface area contributed by atoms with Crippen molar-refractivity contribution in [3.8, 4) is 0 Å². The SMILES string of the molecule is OC(CCl)CSCc1ccc(CSCC(O)CCl)cc1. The molecule has 20 heavy (non-hydrogen) atoms. The summed E-state index contributed by atoms with van der Waals surface area (Å²) in [7, 11) is 0. The van der Waals surface area contributed by atoms with Gasteiger partial charge >= 0.3 is 0 Å². The number of halogens is 2. The highest BCUT2D eigenvalue weighted by Gasteiger charge is 2.04. The Bertz CT molecular complexity index is 328. The molecule has 0 aliphatic heterocycles. The lowest BCUT2D eigenvalue weighted by atomic mass is 10.2. The third-order valence-corrected chi connectivity index (χ3v) is 5.57. The lowest BCUT2D eigenvalue weighted by Crippen LogP contribution is -2.11. The van der Waals surface area contributed by atoms with Gasteiger partial charge in [0.15, 0.2) is 0 Å². The molecule has 2 nitrogen and oxygen atoms in total. The molecule has 0 bridgehead atoms. The van der Waals surface area contributed by atoms with Crippen LogP contribution < -0.4 is 0 Å². The number of hydrogen-bond donors (Lipinski definition) is 2. The van der Waals surface area contributed by atoms with Crippen molar-refractivity contribution >= 4 is 46.7 Å². The normalized spacial score (nSPS) is 14.2. The van der Waals surface area contributed by atoms with E-state index in [4.69, 9.17) is 23.2 Å². The third-order valence-electron chi connectivity index (χ3n) is 2.54. The van der Waals surface area contributed by atoms with E-state index in [9.17, 15) is 10.2 Å². The number of thioether (sulfide) groups is 2. The largest absolute Gasteiger partial charge is 0.391 e. The fraction of sp³-hybridized carbons (Fsp3) is 0.571. The number of alkyl halides is 2. The second kappa shape index (κ2) is 11.0. The second-order valence-electron chi connectivity index (χ2n) is 4.46. The summed E-state index contributed by atoms with van der Waals surface area (Å²) in [6.45, 7) is 0. The van der Waals surface area contributed by atoms with Crippen molar-refractivity contribution in [1.29, 1.82) is 0 Å². The molecule has 0 aromatic heterocycles. The van der Waals surface area contributed by atoms with Gasteiger partial charge in [-0.1, -0.05) is 24.3 Å². The minimum Gasteiger partial charge on any atom is -0.391 e. The van der Waals surface area contributed by atoms with Gasteiger partial charge in [-0.3, -0.25) is 0 Å². The predicted octanol–water partition coefficient (Wildman–Crippen LogP) is 3.35. The van der Waals surface area contributed by atoms with Crippen molar-refractivity contribution in [2.75, 3.05) is 23.3 Å².